The summed E-state index contributed by atoms with van der Waals surface area (Å²) in [4.78, 5) is 21.5. The van der Waals surface area contributed by atoms with Crippen molar-refractivity contribution in [2.24, 2.45) is 0 Å². The second-order valence-electron chi connectivity index (χ2n) is 17.5. The van der Waals surface area contributed by atoms with E-state index in [1.54, 1.807) is 0 Å². The van der Waals surface area contributed by atoms with Crippen molar-refractivity contribution in [1.29, 1.82) is 15.8 Å². The Bertz CT molecular complexity index is 3840. The van der Waals surface area contributed by atoms with Gasteiger partial charge in [-0.2, -0.15) is 15.8 Å². The molecule has 0 saturated heterocycles. The molecule has 3 heterocycles. The van der Waals surface area contributed by atoms with Gasteiger partial charge in [0.2, 0.25) is 0 Å². The molecule has 338 valence electrons. The summed E-state index contributed by atoms with van der Waals surface area (Å²) in [5.41, 5.74) is 14.7. The van der Waals surface area contributed by atoms with Crippen LogP contribution in [0.25, 0.3) is 118 Å². The van der Waals surface area contributed by atoms with E-state index in [0.717, 1.165) is 66.3 Å². The lowest BCUT2D eigenvalue weighted by Gasteiger charge is -2.20. The molecule has 0 spiro atoms. The first-order valence-electron chi connectivity index (χ1n) is 23.7. The van der Waals surface area contributed by atoms with Crippen molar-refractivity contribution in [2.45, 2.75) is 0 Å². The van der Waals surface area contributed by atoms with Gasteiger partial charge in [0.25, 0.3) is 0 Å². The molecule has 0 unspecified atom stereocenters. The minimum atomic E-state index is 0.366. The summed E-state index contributed by atoms with van der Waals surface area (Å²) in [6.07, 6.45) is 0. The van der Waals surface area contributed by atoms with E-state index in [2.05, 4.69) is 47.0 Å². The summed E-state index contributed by atoms with van der Waals surface area (Å²) in [7, 11) is 0. The molecule has 9 aromatic carbocycles. The maximum atomic E-state index is 11.1. The zero-order chi connectivity index (χ0) is 49.3. The molecule has 0 saturated carbocycles. The monoisotopic (exact) mass is 930 g/mol. The lowest BCUT2D eigenvalue weighted by Crippen LogP contribution is -2.06. The standard InChI is InChI=1S/C65H38N8/c66-39-42-33-55(64-69-57(43-17-5-1-6-18-43)37-58(70-64)44-19-7-2-8-20-44)63(56(34-42)65-71-59(45-21-9-3-10-22-45)38-60(72-65)46-23-11-4-12-24-46)73-61-31-29-47(51-27-15-13-25-49(51)40-67)35-53(61)54-36-48(30-32-62(54)73)52-28-16-14-26-50(52)41-68/h1-38H. The van der Waals surface area contributed by atoms with Gasteiger partial charge < -0.3 is 4.57 Å². The first-order chi connectivity index (χ1) is 36.0. The van der Waals surface area contributed by atoms with Crippen LogP contribution in [0.5, 0.6) is 0 Å². The zero-order valence-electron chi connectivity index (χ0n) is 39.0. The van der Waals surface area contributed by atoms with E-state index in [0.29, 0.717) is 67.9 Å². The Balaban J connectivity index is 1.24. The van der Waals surface area contributed by atoms with E-state index in [-0.39, 0.29) is 0 Å². The van der Waals surface area contributed by atoms with E-state index in [1.807, 2.05) is 206 Å². The highest BCUT2D eigenvalue weighted by Gasteiger charge is 2.26. The van der Waals surface area contributed by atoms with Gasteiger partial charge in [0.1, 0.15) is 0 Å². The number of hydrogen-bond acceptors (Lipinski definition) is 7. The third-order valence-electron chi connectivity index (χ3n) is 13.2. The Hall–Kier alpha value is -10.6. The van der Waals surface area contributed by atoms with Crippen molar-refractivity contribution in [3.63, 3.8) is 0 Å². The van der Waals surface area contributed by atoms with Crippen LogP contribution < -0.4 is 0 Å². The second-order valence-corrected chi connectivity index (χ2v) is 17.5. The molecule has 0 aliphatic rings. The van der Waals surface area contributed by atoms with E-state index in [9.17, 15) is 15.8 Å². The minimum absolute atomic E-state index is 0.366. The Morgan fingerprint density at radius 2 is 0.644 bits per heavy atom. The van der Waals surface area contributed by atoms with Crippen molar-refractivity contribution < 1.29 is 0 Å². The molecule has 3 aromatic heterocycles. The van der Waals surface area contributed by atoms with E-state index in [4.69, 9.17) is 19.9 Å². The first kappa shape index (κ1) is 43.7. The van der Waals surface area contributed by atoms with Crippen LogP contribution in [0.3, 0.4) is 0 Å². The fraction of sp³-hybridized carbons (Fsp3) is 0. The number of rotatable bonds is 9. The highest BCUT2D eigenvalue weighted by Crippen LogP contribution is 2.44. The Morgan fingerprint density at radius 1 is 0.301 bits per heavy atom. The third-order valence-corrected chi connectivity index (χ3v) is 13.2. The number of aromatic nitrogens is 5. The molecule has 0 amide bonds. The van der Waals surface area contributed by atoms with E-state index in [1.165, 1.54) is 0 Å². The molecule has 0 radical (unpaired) electrons. The lowest BCUT2D eigenvalue weighted by atomic mass is 9.96. The molecular formula is C65H38N8. The van der Waals surface area contributed by atoms with Crippen LogP contribution in [0.4, 0.5) is 0 Å². The van der Waals surface area contributed by atoms with Crippen LogP contribution >= 0.6 is 0 Å². The van der Waals surface area contributed by atoms with Gasteiger partial charge in [-0.3, -0.25) is 0 Å². The molecule has 12 rings (SSSR count). The van der Waals surface area contributed by atoms with Crippen molar-refractivity contribution in [3.8, 4) is 114 Å². The molecule has 0 aliphatic heterocycles. The van der Waals surface area contributed by atoms with Crippen molar-refractivity contribution in [2.75, 3.05) is 0 Å². The van der Waals surface area contributed by atoms with Crippen LogP contribution in [0.15, 0.2) is 231 Å². The summed E-state index contributed by atoms with van der Waals surface area (Å²) in [5.74, 6) is 0.787. The molecule has 0 bridgehead atoms. The van der Waals surface area contributed by atoms with Crippen LogP contribution in [-0.2, 0) is 0 Å². The highest BCUT2D eigenvalue weighted by molar-refractivity contribution is 6.13. The number of nitriles is 3. The fourth-order valence-electron chi connectivity index (χ4n) is 9.71. The summed E-state index contributed by atoms with van der Waals surface area (Å²) in [6.45, 7) is 0. The summed E-state index contributed by atoms with van der Waals surface area (Å²) < 4.78 is 2.21. The number of nitrogens with zero attached hydrogens (tertiary/aromatic N) is 8. The number of hydrogen-bond donors (Lipinski definition) is 0. The topological polar surface area (TPSA) is 128 Å². The van der Waals surface area contributed by atoms with Crippen LogP contribution in [0, 0.1) is 34.0 Å². The maximum Gasteiger partial charge on any atom is 0.162 e. The van der Waals surface area contributed by atoms with Gasteiger partial charge in [-0.1, -0.05) is 170 Å². The highest BCUT2D eigenvalue weighted by atomic mass is 15.0. The van der Waals surface area contributed by atoms with E-state index < -0.39 is 0 Å². The van der Waals surface area contributed by atoms with Gasteiger partial charge in [-0.05, 0) is 82.9 Å². The Kier molecular flexibility index (Phi) is 11.2. The van der Waals surface area contributed by atoms with E-state index >= 15 is 0 Å². The average Bonchev–Trinajstić information content (AvgIpc) is 3.80. The van der Waals surface area contributed by atoms with Crippen molar-refractivity contribution in [3.05, 3.63) is 247 Å². The fourth-order valence-corrected chi connectivity index (χ4v) is 9.71. The maximum absolute atomic E-state index is 11.1. The summed E-state index contributed by atoms with van der Waals surface area (Å²) >= 11 is 0. The minimum Gasteiger partial charge on any atom is -0.308 e. The molecule has 0 atom stereocenters. The Morgan fingerprint density at radius 3 is 0.986 bits per heavy atom. The predicted molar refractivity (Wildman–Crippen MR) is 290 cm³/mol. The second kappa shape index (κ2) is 18.7. The normalized spacial score (nSPS) is 11.0. The number of benzene rings is 9. The van der Waals surface area contributed by atoms with Crippen LogP contribution in [0.2, 0.25) is 0 Å². The van der Waals surface area contributed by atoms with Gasteiger partial charge in [-0.25, -0.2) is 19.9 Å². The van der Waals surface area contributed by atoms with Gasteiger partial charge >= 0.3 is 0 Å². The SMILES string of the molecule is N#Cc1cc(-c2nc(-c3ccccc3)cc(-c3ccccc3)n2)c(-n2c3ccc(-c4ccccc4C#N)cc3c3cc(-c4ccccc4C#N)ccc32)c(-c2nc(-c3ccccc3)cc(-c3ccccc3)n2)c1. The zero-order valence-corrected chi connectivity index (χ0v) is 39.0. The molecule has 0 N–H and O–H groups in total. The van der Waals surface area contributed by atoms with Gasteiger partial charge in [-0.15, -0.1) is 0 Å². The van der Waals surface area contributed by atoms with Crippen LogP contribution in [0.1, 0.15) is 16.7 Å². The van der Waals surface area contributed by atoms with Crippen LogP contribution in [-0.4, -0.2) is 24.5 Å². The van der Waals surface area contributed by atoms with Gasteiger partial charge in [0.15, 0.2) is 11.6 Å². The largest absolute Gasteiger partial charge is 0.308 e. The molecular weight excluding hydrogens is 893 g/mol. The van der Waals surface area contributed by atoms with Crippen molar-refractivity contribution >= 4 is 21.8 Å². The van der Waals surface area contributed by atoms with Gasteiger partial charge in [0, 0.05) is 44.2 Å². The van der Waals surface area contributed by atoms with Gasteiger partial charge in [0.05, 0.1) is 74.4 Å². The molecule has 0 fully saturated rings. The lowest BCUT2D eigenvalue weighted by molar-refractivity contribution is 1.12. The smallest absolute Gasteiger partial charge is 0.162 e. The summed E-state index contributed by atoms with van der Waals surface area (Å²) in [5, 5.41) is 33.4. The quantitative estimate of drug-likeness (QED) is 0.141. The third kappa shape index (κ3) is 8.12. The number of fused-ring (bicyclic) bond motifs is 3. The molecule has 73 heavy (non-hydrogen) atoms. The van der Waals surface area contributed by atoms with Crippen molar-refractivity contribution in [1.82, 2.24) is 24.5 Å². The summed E-state index contributed by atoms with van der Waals surface area (Å²) in [6, 6.07) is 82.8. The average molecular weight is 931 g/mol. The molecule has 12 aromatic rings. The first-order valence-corrected chi connectivity index (χ1v) is 23.7. The predicted octanol–water partition coefficient (Wildman–Crippen LogP) is 15.3. The Labute approximate surface area is 421 Å². The molecule has 8 heteroatoms. The molecule has 8 nitrogen and oxygen atoms in total. The molecule has 0 aliphatic carbocycles.